The Hall–Kier alpha value is -1.34. The summed E-state index contributed by atoms with van der Waals surface area (Å²) in [6, 6.07) is 10.2. The van der Waals surface area contributed by atoms with E-state index < -0.39 is 0 Å². The quantitative estimate of drug-likeness (QED) is 0.658. The van der Waals surface area contributed by atoms with Crippen molar-refractivity contribution < 1.29 is 0 Å². The van der Waals surface area contributed by atoms with E-state index in [1.807, 2.05) is 12.1 Å². The second kappa shape index (κ2) is 4.03. The molecule has 0 N–H and O–H groups in total. The molecule has 15 heavy (non-hydrogen) atoms. The first kappa shape index (κ1) is 10.2. The third-order valence-electron chi connectivity index (χ3n) is 2.58. The highest BCUT2D eigenvalue weighted by molar-refractivity contribution is 6.32. The standard InChI is InChI=1S/C13H12ClN/c1-9-5-6-11(8-10(9)2)12-4-3-7-15-13(12)14/h3-8H,1-2H3. The maximum atomic E-state index is 6.04. The van der Waals surface area contributed by atoms with Gasteiger partial charge in [0.05, 0.1) is 0 Å². The molecule has 2 heteroatoms. The van der Waals surface area contributed by atoms with E-state index in [2.05, 4.69) is 37.0 Å². The van der Waals surface area contributed by atoms with E-state index in [4.69, 9.17) is 11.6 Å². The third kappa shape index (κ3) is 2.02. The highest BCUT2D eigenvalue weighted by atomic mass is 35.5. The molecule has 0 saturated heterocycles. The molecular weight excluding hydrogens is 206 g/mol. The zero-order valence-corrected chi connectivity index (χ0v) is 9.55. The van der Waals surface area contributed by atoms with Crippen molar-refractivity contribution in [2.45, 2.75) is 13.8 Å². The molecule has 0 radical (unpaired) electrons. The van der Waals surface area contributed by atoms with Crippen LogP contribution >= 0.6 is 11.6 Å². The molecule has 0 saturated carbocycles. The number of pyridine rings is 1. The summed E-state index contributed by atoms with van der Waals surface area (Å²) in [5, 5.41) is 0.556. The first-order valence-corrected chi connectivity index (χ1v) is 5.24. The summed E-state index contributed by atoms with van der Waals surface area (Å²) in [5.74, 6) is 0. The smallest absolute Gasteiger partial charge is 0.136 e. The van der Waals surface area contributed by atoms with Gasteiger partial charge in [0.15, 0.2) is 0 Å². The normalized spacial score (nSPS) is 10.3. The Labute approximate surface area is 94.7 Å². The SMILES string of the molecule is Cc1ccc(-c2cccnc2Cl)cc1C. The van der Waals surface area contributed by atoms with Crippen LogP contribution in [0.3, 0.4) is 0 Å². The molecule has 0 spiro atoms. The zero-order chi connectivity index (χ0) is 10.8. The minimum absolute atomic E-state index is 0.556. The number of hydrogen-bond donors (Lipinski definition) is 0. The number of rotatable bonds is 1. The summed E-state index contributed by atoms with van der Waals surface area (Å²) >= 11 is 6.04. The van der Waals surface area contributed by atoms with E-state index in [0.717, 1.165) is 11.1 Å². The summed E-state index contributed by atoms with van der Waals surface area (Å²) in [5.41, 5.74) is 4.67. The third-order valence-corrected chi connectivity index (χ3v) is 2.88. The molecule has 0 aliphatic heterocycles. The van der Waals surface area contributed by atoms with Gasteiger partial charge in [-0.1, -0.05) is 29.8 Å². The molecule has 0 aliphatic rings. The number of halogens is 1. The monoisotopic (exact) mass is 217 g/mol. The average molecular weight is 218 g/mol. The first-order chi connectivity index (χ1) is 7.18. The van der Waals surface area contributed by atoms with Crippen molar-refractivity contribution in [3.8, 4) is 11.1 Å². The second-order valence-electron chi connectivity index (χ2n) is 3.64. The fourth-order valence-corrected chi connectivity index (χ4v) is 1.74. The van der Waals surface area contributed by atoms with Crippen LogP contribution in [0.1, 0.15) is 11.1 Å². The molecule has 0 unspecified atom stereocenters. The summed E-state index contributed by atoms with van der Waals surface area (Å²) in [6.07, 6.45) is 1.70. The minimum Gasteiger partial charge on any atom is -0.244 e. The fraction of sp³-hybridized carbons (Fsp3) is 0.154. The van der Waals surface area contributed by atoms with E-state index >= 15 is 0 Å². The van der Waals surface area contributed by atoms with Crippen LogP contribution in [0, 0.1) is 13.8 Å². The number of aromatic nitrogens is 1. The van der Waals surface area contributed by atoms with Gasteiger partial charge in [0.25, 0.3) is 0 Å². The number of nitrogens with zero attached hydrogens (tertiary/aromatic N) is 1. The van der Waals surface area contributed by atoms with Crippen LogP contribution in [-0.4, -0.2) is 4.98 Å². The Balaban J connectivity index is 2.55. The molecule has 0 bridgehead atoms. The largest absolute Gasteiger partial charge is 0.244 e. The molecule has 1 aromatic heterocycles. The van der Waals surface area contributed by atoms with Gasteiger partial charge in [0, 0.05) is 11.8 Å². The van der Waals surface area contributed by atoms with Gasteiger partial charge in [-0.25, -0.2) is 4.98 Å². The van der Waals surface area contributed by atoms with E-state index in [9.17, 15) is 0 Å². The van der Waals surface area contributed by atoms with Crippen LogP contribution in [-0.2, 0) is 0 Å². The highest BCUT2D eigenvalue weighted by Gasteiger charge is 2.04. The van der Waals surface area contributed by atoms with Crippen molar-refractivity contribution in [2.24, 2.45) is 0 Å². The molecule has 0 fully saturated rings. The molecule has 2 aromatic rings. The minimum atomic E-state index is 0.556. The summed E-state index contributed by atoms with van der Waals surface area (Å²) < 4.78 is 0. The maximum Gasteiger partial charge on any atom is 0.136 e. The Morgan fingerprint density at radius 2 is 1.87 bits per heavy atom. The lowest BCUT2D eigenvalue weighted by atomic mass is 10.0. The van der Waals surface area contributed by atoms with Crippen LogP contribution in [0.5, 0.6) is 0 Å². The van der Waals surface area contributed by atoms with Gasteiger partial charge >= 0.3 is 0 Å². The van der Waals surface area contributed by atoms with Crippen molar-refractivity contribution in [1.29, 1.82) is 0 Å². The van der Waals surface area contributed by atoms with Crippen molar-refractivity contribution in [2.75, 3.05) is 0 Å². The number of benzene rings is 1. The van der Waals surface area contributed by atoms with Crippen LogP contribution in [0.2, 0.25) is 5.15 Å². The molecule has 76 valence electrons. The van der Waals surface area contributed by atoms with E-state index in [1.165, 1.54) is 11.1 Å². The van der Waals surface area contributed by atoms with E-state index in [1.54, 1.807) is 6.20 Å². The molecule has 0 atom stereocenters. The van der Waals surface area contributed by atoms with Gasteiger partial charge in [-0.3, -0.25) is 0 Å². The topological polar surface area (TPSA) is 12.9 Å². The van der Waals surface area contributed by atoms with E-state index in [0.29, 0.717) is 5.15 Å². The number of aryl methyl sites for hydroxylation is 2. The van der Waals surface area contributed by atoms with Crippen LogP contribution in [0.4, 0.5) is 0 Å². The molecule has 0 aliphatic carbocycles. The molecule has 0 amide bonds. The Bertz CT molecular complexity index is 492. The Kier molecular flexibility index (Phi) is 2.74. The highest BCUT2D eigenvalue weighted by Crippen LogP contribution is 2.27. The zero-order valence-electron chi connectivity index (χ0n) is 8.79. The van der Waals surface area contributed by atoms with Crippen LogP contribution < -0.4 is 0 Å². The summed E-state index contributed by atoms with van der Waals surface area (Å²) in [6.45, 7) is 4.20. The van der Waals surface area contributed by atoms with Gasteiger partial charge in [-0.2, -0.15) is 0 Å². The Morgan fingerprint density at radius 1 is 1.07 bits per heavy atom. The van der Waals surface area contributed by atoms with Gasteiger partial charge in [0.2, 0.25) is 0 Å². The predicted octanol–water partition coefficient (Wildman–Crippen LogP) is 4.02. The molecule has 2 rings (SSSR count). The molecular formula is C13H12ClN. The van der Waals surface area contributed by atoms with Crippen LogP contribution in [0.15, 0.2) is 36.5 Å². The van der Waals surface area contributed by atoms with Gasteiger partial charge < -0.3 is 0 Å². The maximum absolute atomic E-state index is 6.04. The van der Waals surface area contributed by atoms with Gasteiger partial charge in [-0.05, 0) is 42.7 Å². The lowest BCUT2D eigenvalue weighted by Gasteiger charge is -2.06. The molecule has 1 aromatic carbocycles. The number of hydrogen-bond acceptors (Lipinski definition) is 1. The average Bonchev–Trinajstić information content (AvgIpc) is 2.23. The molecule has 1 nitrogen and oxygen atoms in total. The first-order valence-electron chi connectivity index (χ1n) is 4.86. The summed E-state index contributed by atoms with van der Waals surface area (Å²) in [7, 11) is 0. The van der Waals surface area contributed by atoms with Crippen molar-refractivity contribution in [3.05, 3.63) is 52.8 Å². The lowest BCUT2D eigenvalue weighted by molar-refractivity contribution is 1.31. The van der Waals surface area contributed by atoms with Gasteiger partial charge in [-0.15, -0.1) is 0 Å². The van der Waals surface area contributed by atoms with Crippen molar-refractivity contribution >= 4 is 11.6 Å². The molecule has 1 heterocycles. The Morgan fingerprint density at radius 3 is 2.53 bits per heavy atom. The van der Waals surface area contributed by atoms with Crippen molar-refractivity contribution in [1.82, 2.24) is 4.98 Å². The summed E-state index contributed by atoms with van der Waals surface area (Å²) in [4.78, 5) is 4.07. The van der Waals surface area contributed by atoms with Gasteiger partial charge in [0.1, 0.15) is 5.15 Å². The second-order valence-corrected chi connectivity index (χ2v) is 4.00. The van der Waals surface area contributed by atoms with E-state index in [-0.39, 0.29) is 0 Å². The van der Waals surface area contributed by atoms with Crippen molar-refractivity contribution in [3.63, 3.8) is 0 Å². The lowest BCUT2D eigenvalue weighted by Crippen LogP contribution is -1.85. The predicted molar refractivity (Wildman–Crippen MR) is 64.2 cm³/mol. The van der Waals surface area contributed by atoms with Crippen LogP contribution in [0.25, 0.3) is 11.1 Å². The fourth-order valence-electron chi connectivity index (χ4n) is 1.51.